The molecule has 5 aliphatic rings. The van der Waals surface area contributed by atoms with E-state index in [-0.39, 0.29) is 5.41 Å². The summed E-state index contributed by atoms with van der Waals surface area (Å²) in [6.45, 7) is 0. The van der Waals surface area contributed by atoms with Gasteiger partial charge >= 0.3 is 0 Å². The van der Waals surface area contributed by atoms with Gasteiger partial charge in [0.1, 0.15) is 0 Å². The van der Waals surface area contributed by atoms with Gasteiger partial charge < -0.3 is 0 Å². The van der Waals surface area contributed by atoms with Crippen molar-refractivity contribution in [1.29, 1.82) is 0 Å². The van der Waals surface area contributed by atoms with Crippen LogP contribution in [0.15, 0.2) is 176 Å². The fraction of sp³-hybridized carbons (Fsp3) is 0.175. The smallest absolute Gasteiger partial charge is 0.164 e. The highest BCUT2D eigenvalue weighted by atomic mass is 15.0. The van der Waals surface area contributed by atoms with Gasteiger partial charge in [-0.3, -0.25) is 0 Å². The minimum atomic E-state index is 0.126. The molecule has 1 heterocycles. The quantitative estimate of drug-likeness (QED) is 0.175. The van der Waals surface area contributed by atoms with Crippen LogP contribution in [0.1, 0.15) is 43.2 Å². The second kappa shape index (κ2) is 13.1. The van der Waals surface area contributed by atoms with Crippen molar-refractivity contribution in [2.45, 2.75) is 37.5 Å². The van der Waals surface area contributed by atoms with E-state index in [0.717, 1.165) is 56.7 Å². The van der Waals surface area contributed by atoms with Crippen LogP contribution in [0.5, 0.6) is 0 Å². The van der Waals surface area contributed by atoms with Crippen molar-refractivity contribution in [1.82, 2.24) is 15.0 Å². The molecule has 5 aliphatic carbocycles. The molecule has 1 spiro atoms. The van der Waals surface area contributed by atoms with Crippen LogP contribution in [-0.2, 0) is 5.41 Å². The van der Waals surface area contributed by atoms with Gasteiger partial charge in [-0.1, -0.05) is 164 Å². The van der Waals surface area contributed by atoms with Crippen LogP contribution in [0.25, 0.3) is 89.1 Å². The summed E-state index contributed by atoms with van der Waals surface area (Å²) in [7, 11) is 0. The van der Waals surface area contributed by atoms with Gasteiger partial charge in [0.25, 0.3) is 0 Å². The minimum absolute atomic E-state index is 0.126. The Kier molecular flexibility index (Phi) is 7.49. The number of fused-ring (bicyclic) bond motifs is 6. The van der Waals surface area contributed by atoms with E-state index in [9.17, 15) is 0 Å². The van der Waals surface area contributed by atoms with Crippen LogP contribution in [0.2, 0.25) is 0 Å². The van der Waals surface area contributed by atoms with Crippen molar-refractivity contribution >= 4 is 21.5 Å². The predicted molar refractivity (Wildman–Crippen MR) is 245 cm³/mol. The van der Waals surface area contributed by atoms with Crippen molar-refractivity contribution in [3.05, 3.63) is 187 Å². The zero-order valence-corrected chi connectivity index (χ0v) is 33.4. The van der Waals surface area contributed by atoms with E-state index in [1.54, 1.807) is 11.1 Å². The normalized spacial score (nSPS) is 22.1. The van der Waals surface area contributed by atoms with Crippen molar-refractivity contribution in [2.24, 2.45) is 23.7 Å². The molecule has 14 rings (SSSR count). The summed E-state index contributed by atoms with van der Waals surface area (Å²) in [5, 5.41) is 5.05. The first-order valence-electron chi connectivity index (χ1n) is 21.9. The number of benzene rings is 8. The first-order chi connectivity index (χ1) is 29.7. The van der Waals surface area contributed by atoms with E-state index in [0.29, 0.717) is 17.5 Å². The van der Waals surface area contributed by atoms with E-state index in [1.165, 1.54) is 70.7 Å². The molecule has 0 N–H and O–H groups in total. The van der Waals surface area contributed by atoms with Crippen LogP contribution in [0.3, 0.4) is 0 Å². The summed E-state index contributed by atoms with van der Waals surface area (Å²) in [5.74, 6) is 5.30. The first-order valence-corrected chi connectivity index (χ1v) is 21.9. The Morgan fingerprint density at radius 3 is 1.65 bits per heavy atom. The molecule has 4 fully saturated rings. The summed E-state index contributed by atoms with van der Waals surface area (Å²) in [6.07, 6.45) is 7.02. The number of hydrogen-bond acceptors (Lipinski definition) is 3. The Balaban J connectivity index is 0.882. The summed E-state index contributed by atoms with van der Waals surface area (Å²) in [6, 6.07) is 64.3. The lowest BCUT2D eigenvalue weighted by Crippen LogP contribution is -2.55. The van der Waals surface area contributed by atoms with Crippen molar-refractivity contribution < 1.29 is 0 Å². The standard InChI is InChI=1S/C57H43N3/c1-2-12-41(13-3-1)54-58-55(60-56(59-54)49-19-9-14-39-10-4-6-17-47(39)49)44-16-8-15-42(33-44)37-20-22-38(23-21-37)43-24-26-50-52(34-43)57(45-29-35-28-36(31-45)32-46(57)30-35)51-27-25-40-11-5-7-18-48(40)53(50)51/h1-27,33-36,45-46H,28-32H2. The second-order valence-electron chi connectivity index (χ2n) is 18.0. The van der Waals surface area contributed by atoms with E-state index < -0.39 is 0 Å². The molecule has 0 saturated heterocycles. The maximum atomic E-state index is 5.14. The average molecular weight is 770 g/mol. The van der Waals surface area contributed by atoms with Crippen molar-refractivity contribution in [3.8, 4) is 67.5 Å². The van der Waals surface area contributed by atoms with Crippen LogP contribution in [-0.4, -0.2) is 15.0 Å². The van der Waals surface area contributed by atoms with E-state index in [1.807, 2.05) is 18.2 Å². The maximum absolute atomic E-state index is 5.14. The van der Waals surface area contributed by atoms with Gasteiger partial charge in [0.05, 0.1) is 0 Å². The largest absolute Gasteiger partial charge is 0.208 e. The molecule has 0 aliphatic heterocycles. The fourth-order valence-corrected chi connectivity index (χ4v) is 12.6. The Hall–Kier alpha value is -6.71. The van der Waals surface area contributed by atoms with Gasteiger partial charge in [0, 0.05) is 22.1 Å². The van der Waals surface area contributed by atoms with Gasteiger partial charge in [0.15, 0.2) is 17.5 Å². The molecular formula is C57H43N3. The molecule has 4 bridgehead atoms. The topological polar surface area (TPSA) is 38.7 Å². The molecule has 8 aromatic carbocycles. The summed E-state index contributed by atoms with van der Waals surface area (Å²) in [4.78, 5) is 15.3. The van der Waals surface area contributed by atoms with Gasteiger partial charge in [-0.15, -0.1) is 0 Å². The third kappa shape index (κ3) is 5.11. The Bertz CT molecular complexity index is 3130. The summed E-state index contributed by atoms with van der Waals surface area (Å²) < 4.78 is 0. The molecule has 60 heavy (non-hydrogen) atoms. The van der Waals surface area contributed by atoms with Gasteiger partial charge in [-0.05, 0) is 134 Å². The van der Waals surface area contributed by atoms with Crippen LogP contribution >= 0.6 is 0 Å². The Labute approximate surface area is 350 Å². The highest BCUT2D eigenvalue weighted by Crippen LogP contribution is 2.70. The molecule has 0 atom stereocenters. The van der Waals surface area contributed by atoms with E-state index in [2.05, 4.69) is 158 Å². The molecule has 4 saturated carbocycles. The molecule has 286 valence electrons. The third-order valence-corrected chi connectivity index (χ3v) is 14.9. The lowest BCUT2D eigenvalue weighted by molar-refractivity contribution is -0.0399. The molecule has 3 nitrogen and oxygen atoms in total. The maximum Gasteiger partial charge on any atom is 0.164 e. The number of rotatable bonds is 5. The molecular weight excluding hydrogens is 727 g/mol. The average Bonchev–Trinajstić information content (AvgIpc) is 3.61. The van der Waals surface area contributed by atoms with Crippen LogP contribution in [0, 0.1) is 23.7 Å². The molecule has 0 unspecified atom stereocenters. The Morgan fingerprint density at radius 2 is 0.900 bits per heavy atom. The second-order valence-corrected chi connectivity index (χ2v) is 18.0. The molecule has 0 amide bonds. The van der Waals surface area contributed by atoms with E-state index >= 15 is 0 Å². The van der Waals surface area contributed by atoms with Gasteiger partial charge in [0.2, 0.25) is 0 Å². The van der Waals surface area contributed by atoms with Gasteiger partial charge in [-0.2, -0.15) is 0 Å². The monoisotopic (exact) mass is 769 g/mol. The molecule has 0 radical (unpaired) electrons. The third-order valence-electron chi connectivity index (χ3n) is 14.9. The lowest BCUT2D eigenvalue weighted by atomic mass is 9.43. The number of hydrogen-bond donors (Lipinski definition) is 0. The van der Waals surface area contributed by atoms with Gasteiger partial charge in [-0.25, -0.2) is 15.0 Å². The van der Waals surface area contributed by atoms with Crippen molar-refractivity contribution in [3.63, 3.8) is 0 Å². The molecule has 3 heteroatoms. The van der Waals surface area contributed by atoms with Crippen LogP contribution in [0.4, 0.5) is 0 Å². The van der Waals surface area contributed by atoms with E-state index in [4.69, 9.17) is 15.0 Å². The fourth-order valence-electron chi connectivity index (χ4n) is 12.6. The highest BCUT2D eigenvalue weighted by molar-refractivity contribution is 6.03. The number of aromatic nitrogens is 3. The highest BCUT2D eigenvalue weighted by Gasteiger charge is 2.61. The minimum Gasteiger partial charge on any atom is -0.208 e. The molecule has 1 aromatic heterocycles. The van der Waals surface area contributed by atoms with Crippen molar-refractivity contribution in [2.75, 3.05) is 0 Å². The lowest BCUT2D eigenvalue weighted by Gasteiger charge is -2.61. The molecule has 9 aromatic rings. The predicted octanol–water partition coefficient (Wildman–Crippen LogP) is 14.2. The first kappa shape index (κ1) is 34.2. The SMILES string of the molecule is c1ccc(-c2nc(-c3cccc(-c4ccc(-c5ccc6c(c5)C5(c7ccc8ccccc8c7-6)C6CC7CC(C6)CC5C7)cc4)c3)nc(-c3cccc4ccccc34)n2)cc1. The van der Waals surface area contributed by atoms with Crippen LogP contribution < -0.4 is 0 Å². The zero-order valence-electron chi connectivity index (χ0n) is 33.4. The zero-order chi connectivity index (χ0) is 39.4. The number of nitrogens with zero attached hydrogens (tertiary/aromatic N) is 3. The summed E-state index contributed by atoms with van der Waals surface area (Å²) in [5.41, 5.74) is 14.2. The summed E-state index contributed by atoms with van der Waals surface area (Å²) >= 11 is 0. The Morgan fingerprint density at radius 1 is 0.350 bits per heavy atom.